The van der Waals surface area contributed by atoms with Gasteiger partial charge in [-0.3, -0.25) is 13.9 Å². The Morgan fingerprint density at radius 1 is 1.19 bits per heavy atom. The molecule has 3 rings (SSSR count). The number of amides is 2. The van der Waals surface area contributed by atoms with Gasteiger partial charge in [-0.15, -0.1) is 0 Å². The molecule has 0 aromatic heterocycles. The second-order valence-electron chi connectivity index (χ2n) is 7.19. The normalized spacial score (nSPS) is 16.0. The summed E-state index contributed by atoms with van der Waals surface area (Å²) < 4.78 is 44.2. The Balaban J connectivity index is 1.71. The number of rotatable bonds is 8. The van der Waals surface area contributed by atoms with Crippen LogP contribution in [-0.2, 0) is 19.6 Å². The fraction of sp³-hybridized carbons (Fsp3) is 0.333. The van der Waals surface area contributed by atoms with E-state index in [-0.39, 0.29) is 28.9 Å². The van der Waals surface area contributed by atoms with Crippen molar-refractivity contribution in [2.75, 3.05) is 35.6 Å². The van der Waals surface area contributed by atoms with Crippen LogP contribution in [-0.4, -0.2) is 52.3 Å². The summed E-state index contributed by atoms with van der Waals surface area (Å²) in [6.07, 6.45) is 2.73. The zero-order valence-electron chi connectivity index (χ0n) is 17.0. The second kappa shape index (κ2) is 9.88. The van der Waals surface area contributed by atoms with Crippen molar-refractivity contribution in [2.24, 2.45) is 0 Å². The van der Waals surface area contributed by atoms with Crippen molar-refractivity contribution >= 4 is 33.2 Å². The lowest BCUT2D eigenvalue weighted by Gasteiger charge is -2.22. The summed E-state index contributed by atoms with van der Waals surface area (Å²) >= 11 is 0. The molecule has 2 aromatic rings. The van der Waals surface area contributed by atoms with Crippen molar-refractivity contribution in [3.8, 4) is 0 Å². The molecule has 0 spiro atoms. The molecule has 1 heterocycles. The number of carbonyl (C=O) groups is 2. The minimum atomic E-state index is -3.85. The van der Waals surface area contributed by atoms with E-state index in [1.807, 2.05) is 0 Å². The first-order valence-corrected chi connectivity index (χ1v) is 11.6. The van der Waals surface area contributed by atoms with E-state index < -0.39 is 28.3 Å². The minimum Gasteiger partial charge on any atom is -0.376 e. The highest BCUT2D eigenvalue weighted by Crippen LogP contribution is 2.20. The third-order valence-electron chi connectivity index (χ3n) is 4.74. The van der Waals surface area contributed by atoms with Crippen molar-refractivity contribution in [1.29, 1.82) is 0 Å². The van der Waals surface area contributed by atoms with Crippen LogP contribution in [0.25, 0.3) is 0 Å². The predicted molar refractivity (Wildman–Crippen MR) is 115 cm³/mol. The number of benzene rings is 2. The first kappa shape index (κ1) is 22.7. The van der Waals surface area contributed by atoms with Gasteiger partial charge in [0, 0.05) is 13.2 Å². The number of nitrogens with zero attached hydrogens (tertiary/aromatic N) is 1. The van der Waals surface area contributed by atoms with Gasteiger partial charge in [0.15, 0.2) is 0 Å². The summed E-state index contributed by atoms with van der Waals surface area (Å²) in [5.74, 6) is -1.68. The molecule has 0 aliphatic carbocycles. The molecule has 2 N–H and O–H groups in total. The van der Waals surface area contributed by atoms with Gasteiger partial charge in [-0.1, -0.05) is 18.2 Å². The zero-order valence-corrected chi connectivity index (χ0v) is 17.8. The molecule has 0 saturated carbocycles. The van der Waals surface area contributed by atoms with Gasteiger partial charge in [-0.2, -0.15) is 0 Å². The Hall–Kier alpha value is -2.98. The third kappa shape index (κ3) is 6.25. The van der Waals surface area contributed by atoms with Crippen molar-refractivity contribution in [3.63, 3.8) is 0 Å². The number of nitrogens with one attached hydrogen (secondary N) is 2. The number of halogens is 1. The summed E-state index contributed by atoms with van der Waals surface area (Å²) in [4.78, 5) is 25.2. The molecule has 0 radical (unpaired) electrons. The van der Waals surface area contributed by atoms with E-state index in [1.165, 1.54) is 18.2 Å². The predicted octanol–water partition coefficient (Wildman–Crippen LogP) is 2.14. The number of hydrogen-bond acceptors (Lipinski definition) is 5. The second-order valence-corrected chi connectivity index (χ2v) is 9.10. The average Bonchev–Trinajstić information content (AvgIpc) is 3.23. The number of anilines is 2. The fourth-order valence-corrected chi connectivity index (χ4v) is 4.10. The van der Waals surface area contributed by atoms with E-state index in [4.69, 9.17) is 4.74 Å². The molecule has 166 valence electrons. The molecule has 10 heteroatoms. The van der Waals surface area contributed by atoms with Crippen LogP contribution in [0.4, 0.5) is 15.8 Å². The average molecular weight is 450 g/mol. The van der Waals surface area contributed by atoms with Gasteiger partial charge in [0.1, 0.15) is 12.4 Å². The van der Waals surface area contributed by atoms with Gasteiger partial charge >= 0.3 is 0 Å². The Bertz CT molecular complexity index is 1050. The fourth-order valence-electron chi connectivity index (χ4n) is 3.25. The monoisotopic (exact) mass is 449 g/mol. The van der Waals surface area contributed by atoms with E-state index in [1.54, 1.807) is 24.3 Å². The maximum Gasteiger partial charge on any atom is 0.253 e. The van der Waals surface area contributed by atoms with E-state index in [0.29, 0.717) is 13.2 Å². The topological polar surface area (TPSA) is 105 Å². The number of ether oxygens (including phenoxy) is 1. The van der Waals surface area contributed by atoms with Gasteiger partial charge in [0.05, 0.1) is 29.3 Å². The molecular weight excluding hydrogens is 425 g/mol. The van der Waals surface area contributed by atoms with Crippen molar-refractivity contribution < 1.29 is 27.1 Å². The van der Waals surface area contributed by atoms with Gasteiger partial charge in [0.2, 0.25) is 15.9 Å². The number of carbonyl (C=O) groups excluding carboxylic acids is 2. The van der Waals surface area contributed by atoms with Crippen LogP contribution in [0.1, 0.15) is 23.2 Å². The summed E-state index contributed by atoms with van der Waals surface area (Å²) in [6, 6.07) is 11.4. The molecule has 0 bridgehead atoms. The molecule has 1 aliphatic rings. The van der Waals surface area contributed by atoms with Crippen LogP contribution >= 0.6 is 0 Å². The highest BCUT2D eigenvalue weighted by Gasteiger charge is 2.23. The van der Waals surface area contributed by atoms with E-state index in [9.17, 15) is 22.4 Å². The molecule has 31 heavy (non-hydrogen) atoms. The summed E-state index contributed by atoms with van der Waals surface area (Å²) in [5, 5.41) is 5.36. The molecule has 8 nitrogen and oxygen atoms in total. The van der Waals surface area contributed by atoms with Crippen LogP contribution < -0.4 is 14.9 Å². The maximum absolute atomic E-state index is 13.6. The lowest BCUT2D eigenvalue weighted by atomic mass is 10.1. The lowest BCUT2D eigenvalue weighted by Crippen LogP contribution is -2.38. The number of para-hydroxylation sites is 1. The van der Waals surface area contributed by atoms with Gasteiger partial charge in [-0.05, 0) is 43.2 Å². The SMILES string of the molecule is CS(=O)(=O)N(CC(=O)Nc1ccccc1C(=O)NC[C@H]1CCCO1)c1cccc(F)c1. The largest absolute Gasteiger partial charge is 0.376 e. The number of sulfonamides is 1. The van der Waals surface area contributed by atoms with Gasteiger partial charge < -0.3 is 15.4 Å². The maximum atomic E-state index is 13.6. The molecule has 2 amide bonds. The summed E-state index contributed by atoms with van der Waals surface area (Å²) in [6.45, 7) is 0.464. The first-order valence-electron chi connectivity index (χ1n) is 9.76. The Morgan fingerprint density at radius 3 is 2.65 bits per heavy atom. The molecule has 0 unspecified atom stereocenters. The highest BCUT2D eigenvalue weighted by molar-refractivity contribution is 7.92. The quantitative estimate of drug-likeness (QED) is 0.643. The summed E-state index contributed by atoms with van der Waals surface area (Å²) in [7, 11) is -3.85. The van der Waals surface area contributed by atoms with Crippen molar-refractivity contribution in [3.05, 3.63) is 59.9 Å². The van der Waals surface area contributed by atoms with Crippen LogP contribution in [0.15, 0.2) is 48.5 Å². The lowest BCUT2D eigenvalue weighted by molar-refractivity contribution is -0.114. The van der Waals surface area contributed by atoms with Gasteiger partial charge in [-0.25, -0.2) is 12.8 Å². The Labute approximate surface area is 180 Å². The molecular formula is C21H24FN3O5S. The van der Waals surface area contributed by atoms with Crippen LogP contribution in [0.5, 0.6) is 0 Å². The van der Waals surface area contributed by atoms with Crippen molar-refractivity contribution in [2.45, 2.75) is 18.9 Å². The first-order chi connectivity index (χ1) is 14.7. The molecule has 1 aliphatic heterocycles. The Morgan fingerprint density at radius 2 is 1.97 bits per heavy atom. The van der Waals surface area contributed by atoms with E-state index >= 15 is 0 Å². The van der Waals surface area contributed by atoms with Crippen LogP contribution in [0, 0.1) is 5.82 Å². The highest BCUT2D eigenvalue weighted by atomic mass is 32.2. The van der Waals surface area contributed by atoms with E-state index in [0.717, 1.165) is 29.5 Å². The summed E-state index contributed by atoms with van der Waals surface area (Å²) in [5.41, 5.74) is 0.510. The molecule has 1 atom stereocenters. The molecule has 2 aromatic carbocycles. The van der Waals surface area contributed by atoms with Gasteiger partial charge in [0.25, 0.3) is 5.91 Å². The molecule has 1 fully saturated rings. The molecule has 1 saturated heterocycles. The van der Waals surface area contributed by atoms with E-state index in [2.05, 4.69) is 10.6 Å². The number of hydrogen-bond donors (Lipinski definition) is 2. The zero-order chi connectivity index (χ0) is 22.4. The van der Waals surface area contributed by atoms with Crippen molar-refractivity contribution in [1.82, 2.24) is 5.32 Å². The smallest absolute Gasteiger partial charge is 0.253 e. The van der Waals surface area contributed by atoms with Crippen LogP contribution in [0.3, 0.4) is 0 Å². The Kier molecular flexibility index (Phi) is 7.24. The van der Waals surface area contributed by atoms with Crippen LogP contribution in [0.2, 0.25) is 0 Å². The standard InChI is InChI=1S/C21H24FN3O5S/c1-31(28,29)25(16-7-4-6-15(22)12-16)14-20(26)24-19-10-3-2-9-18(19)21(27)23-13-17-8-5-11-30-17/h2-4,6-7,9-10,12,17H,5,8,11,13-14H2,1H3,(H,23,27)(H,24,26)/t17-/m1/s1. The minimum absolute atomic E-state index is 0.0275. The third-order valence-corrected chi connectivity index (χ3v) is 5.88.